The molecule has 0 aliphatic rings. The van der Waals surface area contributed by atoms with E-state index in [2.05, 4.69) is 15.5 Å². The van der Waals surface area contributed by atoms with E-state index in [9.17, 15) is 0 Å². The van der Waals surface area contributed by atoms with Gasteiger partial charge in [-0.05, 0) is 0 Å². The molecule has 0 spiro atoms. The number of rotatable bonds is 7. The number of hydrogen-bond acceptors (Lipinski definition) is 4. The third-order valence-electron chi connectivity index (χ3n) is 2.59. The van der Waals surface area contributed by atoms with Gasteiger partial charge in [0, 0.05) is 0 Å². The molecule has 1 heterocycles. The fraction of sp³-hybridized carbons (Fsp3) is 0.467. The van der Waals surface area contributed by atoms with Crippen LogP contribution in [-0.2, 0) is 6.42 Å². The van der Waals surface area contributed by atoms with Gasteiger partial charge in [0.2, 0.25) is 0 Å². The Balaban J connectivity index is 0.000000956. The van der Waals surface area contributed by atoms with Gasteiger partial charge in [0.25, 0.3) is 0 Å². The normalized spacial score (nSPS) is 9.75. The van der Waals surface area contributed by atoms with Crippen LogP contribution < -0.4 is 11.1 Å². The topological polar surface area (TPSA) is 63.8 Å². The predicted octanol–water partition coefficient (Wildman–Crippen LogP) is 2.97. The van der Waals surface area contributed by atoms with Crippen molar-refractivity contribution in [2.45, 2.75) is 39.5 Å². The Morgan fingerprint density at radius 2 is 1.80 bits per heavy atom. The number of anilines is 2. The van der Waals surface area contributed by atoms with E-state index in [1.165, 1.54) is 17.4 Å². The molecule has 0 aliphatic carbocycles. The Bertz CT molecular complexity index is 456. The van der Waals surface area contributed by atoms with Crippen molar-refractivity contribution in [2.24, 2.45) is 5.73 Å². The van der Waals surface area contributed by atoms with Crippen LogP contribution >= 0.6 is 0 Å². The van der Waals surface area contributed by atoms with Gasteiger partial charge in [-0.25, -0.2) is 0 Å². The number of nitrogens with one attached hydrogen (secondary N) is 1. The molecule has 3 N–H and O–H groups in total. The molecule has 1 aromatic heterocycles. The minimum absolute atomic E-state index is 0.262. The summed E-state index contributed by atoms with van der Waals surface area (Å²) in [4.78, 5) is 0. The Morgan fingerprint density at radius 3 is 2.50 bits per heavy atom. The van der Waals surface area contributed by atoms with Gasteiger partial charge < -0.3 is 0 Å². The zero-order valence-corrected chi connectivity index (χ0v) is 14.0. The number of para-hydroxylation sites is 1. The average Bonchev–Trinajstić information content (AvgIpc) is 2.94. The van der Waals surface area contributed by atoms with E-state index in [1.807, 2.05) is 44.2 Å². The van der Waals surface area contributed by atoms with Crippen molar-refractivity contribution in [3.63, 3.8) is 0 Å². The first-order valence-electron chi connectivity index (χ1n) is 7.23. The van der Waals surface area contributed by atoms with Gasteiger partial charge >= 0.3 is 113 Å². The molecule has 1 aromatic carbocycles. The first-order valence-corrected chi connectivity index (χ1v) is 8.94. The van der Waals surface area contributed by atoms with Crippen molar-refractivity contribution in [2.75, 3.05) is 11.9 Å². The average molecular weight is 339 g/mol. The van der Waals surface area contributed by atoms with Crippen LogP contribution in [0.2, 0.25) is 0 Å². The van der Waals surface area contributed by atoms with Crippen molar-refractivity contribution < 1.29 is 0 Å². The Hall–Kier alpha value is -1.16. The van der Waals surface area contributed by atoms with Crippen molar-refractivity contribution in [3.8, 4) is 0 Å². The zero-order valence-electron chi connectivity index (χ0n) is 12.3. The predicted molar refractivity (Wildman–Crippen MR) is 86.7 cm³/mol. The second kappa shape index (κ2) is 10.6. The van der Waals surface area contributed by atoms with Gasteiger partial charge in [-0.3, -0.25) is 0 Å². The summed E-state index contributed by atoms with van der Waals surface area (Å²) < 4.78 is 2.24. The standard InChI is InChI=1S/C13H18N4Se.C2H6/c14-10-6-2-5-9-12-16-17-13(18-12)15-11-7-3-1-4-8-11;1-2/h1,3-4,7-8H,2,5-6,9-10,14H2,(H,15,17);1-2H3. The Morgan fingerprint density at radius 1 is 1.05 bits per heavy atom. The quantitative estimate of drug-likeness (QED) is 0.601. The number of unbranched alkanes of at least 4 members (excludes halogenated alkanes) is 2. The summed E-state index contributed by atoms with van der Waals surface area (Å²) in [6, 6.07) is 10.1. The Kier molecular flexibility index (Phi) is 8.96. The molecule has 0 aliphatic heterocycles. The van der Waals surface area contributed by atoms with E-state index in [-0.39, 0.29) is 14.5 Å². The van der Waals surface area contributed by atoms with Crippen LogP contribution in [0, 0.1) is 0 Å². The van der Waals surface area contributed by atoms with E-state index < -0.39 is 0 Å². The van der Waals surface area contributed by atoms with Crippen LogP contribution in [-0.4, -0.2) is 31.2 Å². The second-order valence-electron chi connectivity index (χ2n) is 4.09. The SMILES string of the molecule is CC.NCCCCCc1nnc(Nc2ccccc2)[se]1. The number of hydrogen-bond donors (Lipinski definition) is 2. The number of nitrogens with two attached hydrogens (primary N) is 1. The van der Waals surface area contributed by atoms with E-state index in [1.54, 1.807) is 0 Å². The van der Waals surface area contributed by atoms with E-state index >= 15 is 0 Å². The van der Waals surface area contributed by atoms with Gasteiger partial charge in [-0.1, -0.05) is 13.8 Å². The molecule has 20 heavy (non-hydrogen) atoms. The summed E-state index contributed by atoms with van der Waals surface area (Å²) in [6.07, 6.45) is 4.53. The van der Waals surface area contributed by atoms with Gasteiger partial charge in [-0.2, -0.15) is 0 Å². The molecule has 5 heteroatoms. The summed E-state index contributed by atoms with van der Waals surface area (Å²) in [5.74, 6) is 0. The van der Waals surface area contributed by atoms with Crippen molar-refractivity contribution >= 4 is 24.9 Å². The van der Waals surface area contributed by atoms with E-state index in [4.69, 9.17) is 5.73 Å². The fourth-order valence-corrected chi connectivity index (χ4v) is 3.33. The molecule has 0 bridgehead atoms. The zero-order chi connectivity index (χ0) is 14.6. The van der Waals surface area contributed by atoms with Crippen LogP contribution in [0.15, 0.2) is 30.3 Å². The maximum absolute atomic E-state index is 5.47. The van der Waals surface area contributed by atoms with Crippen LogP contribution in [0.1, 0.15) is 37.7 Å². The molecule has 0 amide bonds. The molecule has 0 saturated heterocycles. The molecule has 2 aromatic rings. The van der Waals surface area contributed by atoms with Gasteiger partial charge in [-0.15, -0.1) is 0 Å². The fourth-order valence-electron chi connectivity index (χ4n) is 1.65. The Labute approximate surface area is 127 Å². The molecule has 0 atom stereocenters. The molecule has 0 fully saturated rings. The number of nitrogens with zero attached hydrogens (tertiary/aromatic N) is 2. The van der Waals surface area contributed by atoms with E-state index in [0.29, 0.717) is 0 Å². The summed E-state index contributed by atoms with van der Waals surface area (Å²) in [6.45, 7) is 4.79. The molecule has 0 saturated carbocycles. The second-order valence-corrected chi connectivity index (χ2v) is 6.32. The summed E-state index contributed by atoms with van der Waals surface area (Å²) >= 11 is 0.262. The molecule has 0 radical (unpaired) electrons. The molecule has 4 nitrogen and oxygen atoms in total. The number of aromatic nitrogens is 2. The van der Waals surface area contributed by atoms with Crippen molar-refractivity contribution in [1.29, 1.82) is 0 Å². The van der Waals surface area contributed by atoms with Crippen LogP contribution in [0.4, 0.5) is 10.4 Å². The summed E-state index contributed by atoms with van der Waals surface area (Å²) in [5, 5.41) is 11.8. The first-order chi connectivity index (χ1) is 9.88. The van der Waals surface area contributed by atoms with Crippen LogP contribution in [0.3, 0.4) is 0 Å². The van der Waals surface area contributed by atoms with Crippen molar-refractivity contribution in [1.82, 2.24) is 10.2 Å². The van der Waals surface area contributed by atoms with Crippen LogP contribution in [0.5, 0.6) is 0 Å². The maximum atomic E-state index is 5.47. The minimum atomic E-state index is 0.262. The molecule has 0 unspecified atom stereocenters. The molecule has 2 rings (SSSR count). The first kappa shape index (κ1) is 16.9. The van der Waals surface area contributed by atoms with Gasteiger partial charge in [0.1, 0.15) is 0 Å². The number of aryl methyl sites for hydroxylation is 1. The third-order valence-corrected chi connectivity index (χ3v) is 4.47. The monoisotopic (exact) mass is 340 g/mol. The molecular weight excluding hydrogens is 315 g/mol. The van der Waals surface area contributed by atoms with E-state index in [0.717, 1.165) is 29.8 Å². The molecule has 110 valence electrons. The molecular formula is C15H24N4Se. The van der Waals surface area contributed by atoms with Crippen molar-refractivity contribution in [3.05, 3.63) is 34.9 Å². The van der Waals surface area contributed by atoms with Gasteiger partial charge in [0.15, 0.2) is 0 Å². The van der Waals surface area contributed by atoms with Gasteiger partial charge in [0.05, 0.1) is 0 Å². The summed E-state index contributed by atoms with van der Waals surface area (Å²) in [7, 11) is 0. The number of benzene rings is 1. The third kappa shape index (κ3) is 6.33. The summed E-state index contributed by atoms with van der Waals surface area (Å²) in [5.41, 5.74) is 6.55. The van der Waals surface area contributed by atoms with Crippen LogP contribution in [0.25, 0.3) is 0 Å².